The molecule has 0 N–H and O–H groups in total. The number of halogens is 1. The highest BCUT2D eigenvalue weighted by Crippen LogP contribution is 2.14. The van der Waals surface area contributed by atoms with E-state index in [0.717, 1.165) is 0 Å². The smallest absolute Gasteiger partial charge is 0.315 e. The molecule has 0 aromatic rings. The summed E-state index contributed by atoms with van der Waals surface area (Å²) in [5.41, 5.74) is 0. The van der Waals surface area contributed by atoms with Gasteiger partial charge in [-0.25, -0.2) is 0 Å². The zero-order valence-corrected chi connectivity index (χ0v) is 6.04. The van der Waals surface area contributed by atoms with E-state index in [9.17, 15) is 9.59 Å². The lowest BCUT2D eigenvalue weighted by molar-refractivity contribution is -0.138. The fraction of sp³-hybridized carbons (Fsp3) is 0.500. The second-order valence-corrected chi connectivity index (χ2v) is 2.58. The maximum Gasteiger partial charge on any atom is 0.315 e. The number of cyclic esters (lactones) is 1. The van der Waals surface area contributed by atoms with Gasteiger partial charge in [-0.15, -0.1) is 0 Å². The maximum absolute atomic E-state index is 10.4. The number of ketones is 1. The number of hydrogen-bond donors (Lipinski definition) is 0. The van der Waals surface area contributed by atoms with E-state index in [2.05, 4.69) is 4.74 Å². The number of alkyl halides is 1. The number of ether oxygens (including phenoxy) is 1. The summed E-state index contributed by atoms with van der Waals surface area (Å²) in [5.74, 6) is -0.537. The molecular weight excluding hydrogens is 223 g/mol. The lowest BCUT2D eigenvalue weighted by Crippen LogP contribution is -2.04. The highest BCUT2D eigenvalue weighted by atomic mass is 127. The van der Waals surface area contributed by atoms with Crippen LogP contribution >= 0.6 is 22.6 Å². The molecule has 1 heterocycles. The predicted octanol–water partition coefficient (Wildman–Crippen LogP) is 0.263. The summed E-state index contributed by atoms with van der Waals surface area (Å²) in [5, 5.41) is 0. The average Bonchev–Trinajstić information content (AvgIpc) is 1.85. The second-order valence-electron chi connectivity index (χ2n) is 1.45. The zero-order chi connectivity index (χ0) is 6.15. The van der Waals surface area contributed by atoms with Crippen LogP contribution in [0.3, 0.4) is 0 Å². The molecule has 1 fully saturated rings. The number of rotatable bonds is 0. The number of carbonyl (C=O) groups excluding carboxylic acids is 2. The van der Waals surface area contributed by atoms with Crippen LogP contribution in [0.1, 0.15) is 6.42 Å². The van der Waals surface area contributed by atoms with Crippen molar-refractivity contribution in [2.75, 3.05) is 0 Å². The fourth-order valence-corrected chi connectivity index (χ4v) is 0.949. The van der Waals surface area contributed by atoms with Crippen LogP contribution in [0.2, 0.25) is 0 Å². The minimum Gasteiger partial charge on any atom is -0.443 e. The first-order chi connectivity index (χ1) is 3.70. The SMILES string of the molecule is O=C1CC(=O)C(I)O1. The molecule has 1 rings (SSSR count). The maximum atomic E-state index is 10.4. The molecule has 0 spiro atoms. The summed E-state index contributed by atoms with van der Waals surface area (Å²) in [6.07, 6.45) is -0.0480. The van der Waals surface area contributed by atoms with E-state index in [4.69, 9.17) is 0 Å². The Hall–Kier alpha value is -0.130. The lowest BCUT2D eigenvalue weighted by Gasteiger charge is -1.92. The number of Topliss-reactive ketones (excluding diaryl/α,β-unsaturated/α-hetero) is 1. The van der Waals surface area contributed by atoms with Crippen molar-refractivity contribution in [3.05, 3.63) is 0 Å². The molecule has 0 aromatic heterocycles. The van der Waals surface area contributed by atoms with E-state index < -0.39 is 10.1 Å². The first kappa shape index (κ1) is 6.00. The van der Waals surface area contributed by atoms with Crippen molar-refractivity contribution < 1.29 is 14.3 Å². The van der Waals surface area contributed by atoms with Crippen LogP contribution in [-0.4, -0.2) is 15.9 Å². The molecule has 1 saturated heterocycles. The molecule has 8 heavy (non-hydrogen) atoms. The van der Waals surface area contributed by atoms with Gasteiger partial charge in [-0.3, -0.25) is 9.59 Å². The van der Waals surface area contributed by atoms with Gasteiger partial charge >= 0.3 is 5.97 Å². The van der Waals surface area contributed by atoms with Gasteiger partial charge in [0, 0.05) is 0 Å². The van der Waals surface area contributed by atoms with Gasteiger partial charge in [0.25, 0.3) is 0 Å². The topological polar surface area (TPSA) is 43.4 Å². The summed E-state index contributed by atoms with van der Waals surface area (Å²) in [4.78, 5) is 20.6. The Morgan fingerprint density at radius 3 is 2.38 bits per heavy atom. The Bertz CT molecular complexity index is 142. The normalized spacial score (nSPS) is 28.4. The summed E-state index contributed by atoms with van der Waals surface area (Å²) < 4.78 is 3.94. The second kappa shape index (κ2) is 2.00. The van der Waals surface area contributed by atoms with E-state index in [-0.39, 0.29) is 12.2 Å². The summed E-state index contributed by atoms with van der Waals surface area (Å²) >= 11 is 1.78. The Balaban J connectivity index is 2.64. The van der Waals surface area contributed by atoms with Gasteiger partial charge in [0.15, 0.2) is 5.78 Å². The van der Waals surface area contributed by atoms with E-state index >= 15 is 0 Å². The first-order valence-corrected chi connectivity index (χ1v) is 3.31. The molecule has 1 atom stereocenters. The molecule has 0 saturated carbocycles. The van der Waals surface area contributed by atoms with Crippen LogP contribution in [0.5, 0.6) is 0 Å². The van der Waals surface area contributed by atoms with Crippen LogP contribution in [0.4, 0.5) is 0 Å². The number of carbonyl (C=O) groups is 2. The highest BCUT2D eigenvalue weighted by Gasteiger charge is 2.29. The molecule has 3 nitrogen and oxygen atoms in total. The molecule has 0 aromatic carbocycles. The Labute approximate surface area is 59.5 Å². The van der Waals surface area contributed by atoms with Gasteiger partial charge in [-0.2, -0.15) is 0 Å². The van der Waals surface area contributed by atoms with Crippen LogP contribution in [0, 0.1) is 0 Å². The van der Waals surface area contributed by atoms with E-state index in [1.165, 1.54) is 0 Å². The Morgan fingerprint density at radius 1 is 1.62 bits per heavy atom. The van der Waals surface area contributed by atoms with Crippen molar-refractivity contribution in [1.82, 2.24) is 0 Å². The minimum absolute atomic E-state index is 0.0480. The summed E-state index contributed by atoms with van der Waals surface area (Å²) in [6, 6.07) is 0. The van der Waals surface area contributed by atoms with Crippen molar-refractivity contribution in [3.63, 3.8) is 0 Å². The quantitative estimate of drug-likeness (QED) is 0.257. The predicted molar refractivity (Wildman–Crippen MR) is 33.5 cm³/mol. The minimum atomic E-state index is -0.528. The van der Waals surface area contributed by atoms with Crippen molar-refractivity contribution in [1.29, 1.82) is 0 Å². The lowest BCUT2D eigenvalue weighted by atomic mass is 10.3. The fourth-order valence-electron chi connectivity index (χ4n) is 0.445. The van der Waals surface area contributed by atoms with Gasteiger partial charge in [0.1, 0.15) is 6.42 Å². The summed E-state index contributed by atoms with van der Waals surface area (Å²) in [7, 11) is 0. The molecule has 4 heteroatoms. The van der Waals surface area contributed by atoms with E-state index in [0.29, 0.717) is 0 Å². The van der Waals surface area contributed by atoms with E-state index in [1.807, 2.05) is 0 Å². The van der Waals surface area contributed by atoms with Gasteiger partial charge in [-0.1, -0.05) is 0 Å². The molecule has 1 aliphatic heterocycles. The van der Waals surface area contributed by atoms with Gasteiger partial charge in [-0.05, 0) is 22.6 Å². The van der Waals surface area contributed by atoms with Crippen molar-refractivity contribution in [3.8, 4) is 0 Å². The van der Waals surface area contributed by atoms with Gasteiger partial charge in [0.05, 0.1) is 0 Å². The van der Waals surface area contributed by atoms with Crippen LogP contribution < -0.4 is 0 Å². The molecule has 1 unspecified atom stereocenters. The average molecular weight is 226 g/mol. The monoisotopic (exact) mass is 226 g/mol. The zero-order valence-electron chi connectivity index (χ0n) is 3.89. The Kier molecular flexibility index (Phi) is 1.50. The van der Waals surface area contributed by atoms with Crippen molar-refractivity contribution >= 4 is 34.3 Å². The molecule has 0 amide bonds. The largest absolute Gasteiger partial charge is 0.443 e. The standard InChI is InChI=1S/C4H3IO3/c5-4-2(6)1-3(7)8-4/h4H,1H2. The third-order valence-corrected chi connectivity index (χ3v) is 1.76. The van der Waals surface area contributed by atoms with Crippen molar-refractivity contribution in [2.45, 2.75) is 10.5 Å². The third-order valence-electron chi connectivity index (χ3n) is 0.807. The molecule has 0 radical (unpaired) electrons. The molecule has 0 bridgehead atoms. The first-order valence-electron chi connectivity index (χ1n) is 2.06. The number of esters is 1. The van der Waals surface area contributed by atoms with Gasteiger partial charge < -0.3 is 4.74 Å². The van der Waals surface area contributed by atoms with Gasteiger partial charge in [0.2, 0.25) is 4.11 Å². The number of hydrogen-bond acceptors (Lipinski definition) is 3. The van der Waals surface area contributed by atoms with Crippen LogP contribution in [0.25, 0.3) is 0 Å². The molecule has 1 aliphatic rings. The van der Waals surface area contributed by atoms with Crippen LogP contribution in [0.15, 0.2) is 0 Å². The molecular formula is C4H3IO3. The summed E-state index contributed by atoms with van der Waals surface area (Å²) in [6.45, 7) is 0. The molecule has 0 aliphatic carbocycles. The van der Waals surface area contributed by atoms with Crippen LogP contribution in [-0.2, 0) is 14.3 Å². The van der Waals surface area contributed by atoms with Crippen molar-refractivity contribution in [2.24, 2.45) is 0 Å². The Morgan fingerprint density at radius 2 is 2.25 bits per heavy atom. The molecule has 44 valence electrons. The highest BCUT2D eigenvalue weighted by molar-refractivity contribution is 14.1. The third kappa shape index (κ3) is 0.988. The van der Waals surface area contributed by atoms with E-state index in [1.54, 1.807) is 22.6 Å².